The largest absolute Gasteiger partial charge is 0.506 e. The van der Waals surface area contributed by atoms with E-state index in [1.54, 1.807) is 26.2 Å². The number of hydrogen-bond donors (Lipinski definition) is 3. The van der Waals surface area contributed by atoms with Gasteiger partial charge in [-0.1, -0.05) is 18.2 Å². The Kier molecular flexibility index (Phi) is 5.19. The van der Waals surface area contributed by atoms with E-state index in [0.29, 0.717) is 18.4 Å². The van der Waals surface area contributed by atoms with Crippen molar-refractivity contribution in [2.45, 2.75) is 12.8 Å². The number of aryl methyl sites for hydroxylation is 2. The van der Waals surface area contributed by atoms with Gasteiger partial charge in [0.25, 0.3) is 5.91 Å². The van der Waals surface area contributed by atoms with Gasteiger partial charge in [-0.05, 0) is 48.2 Å². The summed E-state index contributed by atoms with van der Waals surface area (Å²) in [5.74, 6) is -0.804. The van der Waals surface area contributed by atoms with Gasteiger partial charge in [-0.25, -0.2) is 9.03 Å². The molecule has 28 heavy (non-hydrogen) atoms. The summed E-state index contributed by atoms with van der Waals surface area (Å²) in [6.07, 6.45) is 2.23. The first-order valence-corrected chi connectivity index (χ1v) is 9.97. The third-order valence-corrected chi connectivity index (χ3v) is 5.58. The van der Waals surface area contributed by atoms with Crippen LogP contribution >= 0.6 is 0 Å². The number of phenols is 1. The van der Waals surface area contributed by atoms with Crippen molar-refractivity contribution in [1.29, 1.82) is 0 Å². The second kappa shape index (κ2) is 7.43. The SMILES string of the molecule is CN(C)C(=O)c1cccc(CCc2ccc(N3C=C(O)NS3(=O)=O)c(O)c2)c1. The number of carbonyl (C=O) groups excluding carboxylic acids is 1. The number of anilines is 1. The first-order chi connectivity index (χ1) is 13.2. The Bertz CT molecular complexity index is 1050. The fourth-order valence-corrected chi connectivity index (χ4v) is 3.97. The lowest BCUT2D eigenvalue weighted by molar-refractivity contribution is 0.0827. The van der Waals surface area contributed by atoms with Crippen molar-refractivity contribution in [3.63, 3.8) is 0 Å². The zero-order valence-electron chi connectivity index (χ0n) is 15.5. The first kappa shape index (κ1) is 19.6. The van der Waals surface area contributed by atoms with Crippen LogP contribution in [-0.4, -0.2) is 43.5 Å². The summed E-state index contributed by atoms with van der Waals surface area (Å²) in [5, 5.41) is 19.6. The second-order valence-corrected chi connectivity index (χ2v) is 8.19. The van der Waals surface area contributed by atoms with E-state index < -0.39 is 16.1 Å². The molecule has 2 aromatic carbocycles. The zero-order chi connectivity index (χ0) is 20.5. The number of nitrogens with one attached hydrogen (secondary N) is 1. The van der Waals surface area contributed by atoms with Crippen molar-refractivity contribution in [2.75, 3.05) is 18.4 Å². The molecule has 0 aliphatic carbocycles. The van der Waals surface area contributed by atoms with Crippen molar-refractivity contribution in [3.05, 3.63) is 71.2 Å². The van der Waals surface area contributed by atoms with Crippen LogP contribution < -0.4 is 9.03 Å². The Balaban J connectivity index is 1.74. The molecule has 9 heteroatoms. The quantitative estimate of drug-likeness (QED) is 0.706. The number of benzene rings is 2. The topological polar surface area (TPSA) is 110 Å². The number of amides is 1. The fraction of sp³-hybridized carbons (Fsp3) is 0.211. The van der Waals surface area contributed by atoms with Crippen LogP contribution in [0.15, 0.2) is 54.5 Å². The van der Waals surface area contributed by atoms with Crippen LogP contribution in [0.25, 0.3) is 0 Å². The van der Waals surface area contributed by atoms with Crippen LogP contribution in [0.2, 0.25) is 0 Å². The van der Waals surface area contributed by atoms with Crippen molar-refractivity contribution in [2.24, 2.45) is 0 Å². The fourth-order valence-electron chi connectivity index (χ4n) is 2.90. The molecule has 0 fully saturated rings. The van der Waals surface area contributed by atoms with Gasteiger partial charge in [-0.15, -0.1) is 0 Å². The summed E-state index contributed by atoms with van der Waals surface area (Å²) in [4.78, 5) is 13.6. The lowest BCUT2D eigenvalue weighted by Crippen LogP contribution is -2.29. The van der Waals surface area contributed by atoms with Crippen LogP contribution in [0.1, 0.15) is 21.5 Å². The van der Waals surface area contributed by atoms with Crippen molar-refractivity contribution >= 4 is 21.8 Å². The third kappa shape index (κ3) is 4.04. The van der Waals surface area contributed by atoms with Crippen molar-refractivity contribution < 1.29 is 23.4 Å². The lowest BCUT2D eigenvalue weighted by atomic mass is 10.0. The number of aromatic hydroxyl groups is 1. The Morgan fingerprint density at radius 3 is 2.32 bits per heavy atom. The normalized spacial score (nSPS) is 15.1. The highest BCUT2D eigenvalue weighted by Crippen LogP contribution is 2.32. The molecule has 3 rings (SSSR count). The monoisotopic (exact) mass is 403 g/mol. The van der Waals surface area contributed by atoms with E-state index in [1.165, 1.54) is 17.0 Å². The van der Waals surface area contributed by atoms with Gasteiger partial charge in [-0.3, -0.25) is 4.79 Å². The summed E-state index contributed by atoms with van der Waals surface area (Å²) in [6.45, 7) is 0. The molecule has 0 radical (unpaired) electrons. The van der Waals surface area contributed by atoms with Gasteiger partial charge in [0.15, 0.2) is 0 Å². The van der Waals surface area contributed by atoms with Gasteiger partial charge in [-0.2, -0.15) is 8.42 Å². The molecule has 8 nitrogen and oxygen atoms in total. The predicted molar refractivity (Wildman–Crippen MR) is 105 cm³/mol. The molecule has 1 heterocycles. The third-order valence-electron chi connectivity index (χ3n) is 4.29. The van der Waals surface area contributed by atoms with E-state index in [-0.39, 0.29) is 17.3 Å². The highest BCUT2D eigenvalue weighted by molar-refractivity contribution is 7.91. The van der Waals surface area contributed by atoms with Crippen LogP contribution in [-0.2, 0) is 23.1 Å². The standard InChI is InChI=1S/C19H21N3O5S/c1-21(2)19(25)15-5-3-4-13(10-15)6-7-14-8-9-16(17(23)11-14)22-12-18(24)20-28(22,26)27/h3-5,8-12,20,23-24H,6-7H2,1-2H3. The average molecular weight is 403 g/mol. The smallest absolute Gasteiger partial charge is 0.330 e. The van der Waals surface area contributed by atoms with Gasteiger partial charge >= 0.3 is 10.2 Å². The summed E-state index contributed by atoms with van der Waals surface area (Å²) in [5.41, 5.74) is 2.44. The number of carbonyl (C=O) groups is 1. The van der Waals surface area contributed by atoms with Crippen LogP contribution in [0.5, 0.6) is 5.75 Å². The summed E-state index contributed by atoms with van der Waals surface area (Å²) in [6, 6.07) is 12.0. The molecule has 0 aromatic heterocycles. The van der Waals surface area contributed by atoms with Crippen molar-refractivity contribution in [1.82, 2.24) is 9.62 Å². The Morgan fingerprint density at radius 2 is 1.75 bits per heavy atom. The molecule has 0 bridgehead atoms. The molecule has 0 saturated heterocycles. The zero-order valence-corrected chi connectivity index (χ0v) is 16.3. The minimum absolute atomic E-state index is 0.0406. The van der Waals surface area contributed by atoms with Crippen LogP contribution in [0.4, 0.5) is 5.69 Å². The minimum Gasteiger partial charge on any atom is -0.506 e. The van der Waals surface area contributed by atoms with Gasteiger partial charge in [0.05, 0.1) is 6.20 Å². The Labute approximate surface area is 163 Å². The molecule has 0 spiro atoms. The van der Waals surface area contributed by atoms with Crippen molar-refractivity contribution in [3.8, 4) is 5.75 Å². The molecule has 0 unspecified atom stereocenters. The van der Waals surface area contributed by atoms with Gasteiger partial charge < -0.3 is 15.1 Å². The highest BCUT2D eigenvalue weighted by Gasteiger charge is 2.30. The maximum absolute atomic E-state index is 12.1. The molecule has 1 amide bonds. The number of aliphatic hydroxyl groups excluding tert-OH is 1. The maximum Gasteiger partial charge on any atom is 0.330 e. The molecule has 2 aromatic rings. The molecule has 148 valence electrons. The number of aliphatic hydroxyl groups is 1. The molecule has 0 atom stereocenters. The lowest BCUT2D eigenvalue weighted by Gasteiger charge is -2.16. The van der Waals surface area contributed by atoms with Crippen LogP contribution in [0.3, 0.4) is 0 Å². The highest BCUT2D eigenvalue weighted by atomic mass is 32.2. The summed E-state index contributed by atoms with van der Waals surface area (Å²) in [7, 11) is -0.558. The molecule has 1 aliphatic rings. The Hall–Kier alpha value is -3.20. The van der Waals surface area contributed by atoms with Gasteiger partial charge in [0.1, 0.15) is 11.4 Å². The average Bonchev–Trinajstić information content (AvgIpc) is 2.91. The van der Waals surface area contributed by atoms with E-state index in [2.05, 4.69) is 0 Å². The second-order valence-electron chi connectivity index (χ2n) is 6.64. The molecular weight excluding hydrogens is 382 g/mol. The number of hydrogen-bond acceptors (Lipinski definition) is 5. The van der Waals surface area contributed by atoms with E-state index in [4.69, 9.17) is 0 Å². The number of nitrogens with zero attached hydrogens (tertiary/aromatic N) is 2. The number of phenolic OH excluding ortho intramolecular Hbond substituents is 1. The number of rotatable bonds is 5. The molecular formula is C19H21N3O5S. The van der Waals surface area contributed by atoms with Gasteiger partial charge in [0, 0.05) is 19.7 Å². The molecule has 3 N–H and O–H groups in total. The van der Waals surface area contributed by atoms with E-state index >= 15 is 0 Å². The maximum atomic E-state index is 12.1. The van der Waals surface area contributed by atoms with E-state index in [9.17, 15) is 23.4 Å². The first-order valence-electron chi connectivity index (χ1n) is 8.53. The minimum atomic E-state index is -3.96. The molecule has 1 aliphatic heterocycles. The summed E-state index contributed by atoms with van der Waals surface area (Å²) >= 11 is 0. The predicted octanol–water partition coefficient (Wildman–Crippen LogP) is 1.89. The van der Waals surface area contributed by atoms with E-state index in [1.807, 2.05) is 22.9 Å². The van der Waals surface area contributed by atoms with Gasteiger partial charge in [0.2, 0.25) is 5.88 Å². The van der Waals surface area contributed by atoms with Crippen LogP contribution in [0, 0.1) is 0 Å². The van der Waals surface area contributed by atoms with E-state index in [0.717, 1.165) is 21.6 Å². The summed E-state index contributed by atoms with van der Waals surface area (Å²) < 4.78 is 26.5. The Morgan fingerprint density at radius 1 is 1.07 bits per heavy atom. The molecule has 0 saturated carbocycles.